The molecule has 1 aromatic carbocycles. The molecule has 0 aliphatic carbocycles. The zero-order valence-electron chi connectivity index (χ0n) is 11.1. The molecule has 0 amide bonds. The minimum Gasteiger partial charge on any atom is -0.497 e. The number of ether oxygens (including phenoxy) is 1. The number of methoxy groups -OCH3 is 1. The molecule has 2 atom stereocenters. The largest absolute Gasteiger partial charge is 0.497 e. The second-order valence-electron chi connectivity index (χ2n) is 4.62. The molecule has 2 N–H and O–H groups in total. The van der Waals surface area contributed by atoms with Crippen molar-refractivity contribution in [3.05, 3.63) is 29.8 Å². The van der Waals surface area contributed by atoms with Crippen molar-refractivity contribution in [2.75, 3.05) is 20.3 Å². The average Bonchev–Trinajstić information content (AvgIpc) is 2.93. The van der Waals surface area contributed by atoms with Crippen molar-refractivity contribution >= 4 is 0 Å². The van der Waals surface area contributed by atoms with Gasteiger partial charge in [0.15, 0.2) is 0 Å². The molecule has 18 heavy (non-hydrogen) atoms. The molecule has 1 aromatic rings. The van der Waals surface area contributed by atoms with E-state index in [4.69, 9.17) is 15.3 Å². The highest BCUT2D eigenvalue weighted by Crippen LogP contribution is 2.29. The van der Waals surface area contributed by atoms with E-state index < -0.39 is 0 Å². The molecule has 0 aromatic heterocycles. The van der Waals surface area contributed by atoms with Gasteiger partial charge in [0.2, 0.25) is 0 Å². The molecule has 100 valence electrons. The minimum atomic E-state index is 0.0801. The third-order valence-electron chi connectivity index (χ3n) is 3.42. The summed E-state index contributed by atoms with van der Waals surface area (Å²) in [6.45, 7) is 3.85. The van der Waals surface area contributed by atoms with Crippen LogP contribution in [0.3, 0.4) is 0 Å². The average molecular weight is 250 g/mol. The summed E-state index contributed by atoms with van der Waals surface area (Å²) in [6.07, 6.45) is 2.00. The van der Waals surface area contributed by atoms with Crippen LogP contribution in [-0.2, 0) is 4.84 Å². The Morgan fingerprint density at radius 1 is 1.39 bits per heavy atom. The van der Waals surface area contributed by atoms with Crippen molar-refractivity contribution in [2.24, 2.45) is 5.73 Å². The van der Waals surface area contributed by atoms with Gasteiger partial charge in [-0.25, -0.2) is 0 Å². The van der Waals surface area contributed by atoms with Crippen LogP contribution in [0.5, 0.6) is 5.75 Å². The highest BCUT2D eigenvalue weighted by molar-refractivity contribution is 5.29. The summed E-state index contributed by atoms with van der Waals surface area (Å²) in [7, 11) is 1.67. The molecule has 4 nitrogen and oxygen atoms in total. The fourth-order valence-electron chi connectivity index (χ4n) is 2.34. The molecular formula is C14H22N2O2. The molecule has 0 spiro atoms. The maximum atomic E-state index is 6.25. The number of rotatable bonds is 5. The third kappa shape index (κ3) is 2.83. The highest BCUT2D eigenvalue weighted by atomic mass is 16.7. The van der Waals surface area contributed by atoms with Gasteiger partial charge in [-0.2, -0.15) is 5.06 Å². The zero-order valence-corrected chi connectivity index (χ0v) is 11.1. The standard InChI is InChI=1S/C14H22N2O2/c1-3-13(15)14(16-9-4-10-18-16)11-5-7-12(17-2)8-6-11/h5-8,13-14H,3-4,9-10,15H2,1-2H3. The fraction of sp³-hybridized carbons (Fsp3) is 0.571. The maximum absolute atomic E-state index is 6.25. The second-order valence-corrected chi connectivity index (χ2v) is 4.62. The van der Waals surface area contributed by atoms with E-state index in [1.807, 2.05) is 17.2 Å². The van der Waals surface area contributed by atoms with E-state index >= 15 is 0 Å². The van der Waals surface area contributed by atoms with Gasteiger partial charge in [0.05, 0.1) is 19.8 Å². The second kappa shape index (κ2) is 6.18. The van der Waals surface area contributed by atoms with Crippen LogP contribution in [0.1, 0.15) is 31.4 Å². The summed E-state index contributed by atoms with van der Waals surface area (Å²) in [5.74, 6) is 0.866. The molecule has 2 unspecified atom stereocenters. The number of hydrogen-bond donors (Lipinski definition) is 1. The van der Waals surface area contributed by atoms with Crippen LogP contribution < -0.4 is 10.5 Å². The summed E-state index contributed by atoms with van der Waals surface area (Å²) >= 11 is 0. The Labute approximate surface area is 109 Å². The third-order valence-corrected chi connectivity index (χ3v) is 3.42. The first-order valence-corrected chi connectivity index (χ1v) is 6.55. The first kappa shape index (κ1) is 13.3. The zero-order chi connectivity index (χ0) is 13.0. The Hall–Kier alpha value is -1.10. The van der Waals surface area contributed by atoms with Crippen LogP contribution in [0, 0.1) is 0 Å². The van der Waals surface area contributed by atoms with Gasteiger partial charge in [-0.3, -0.25) is 4.84 Å². The molecule has 0 bridgehead atoms. The summed E-state index contributed by atoms with van der Waals surface area (Å²) in [5, 5.41) is 2.02. The topological polar surface area (TPSA) is 47.7 Å². The molecular weight excluding hydrogens is 228 g/mol. The van der Waals surface area contributed by atoms with Crippen LogP contribution in [0.15, 0.2) is 24.3 Å². The van der Waals surface area contributed by atoms with Crippen molar-refractivity contribution in [1.82, 2.24) is 5.06 Å². The molecule has 1 aliphatic rings. The van der Waals surface area contributed by atoms with Crippen LogP contribution >= 0.6 is 0 Å². The molecule has 1 fully saturated rings. The van der Waals surface area contributed by atoms with Gasteiger partial charge in [-0.1, -0.05) is 19.1 Å². The summed E-state index contributed by atoms with van der Waals surface area (Å²) < 4.78 is 5.19. The van der Waals surface area contributed by atoms with E-state index in [2.05, 4.69) is 19.1 Å². The summed E-state index contributed by atoms with van der Waals surface area (Å²) in [4.78, 5) is 5.67. The van der Waals surface area contributed by atoms with Crippen molar-refractivity contribution in [3.8, 4) is 5.75 Å². The first-order chi connectivity index (χ1) is 8.76. The lowest BCUT2D eigenvalue weighted by molar-refractivity contribution is -0.148. The molecule has 1 saturated heterocycles. The normalized spacial score (nSPS) is 19.7. The monoisotopic (exact) mass is 250 g/mol. The van der Waals surface area contributed by atoms with E-state index in [0.29, 0.717) is 0 Å². The summed E-state index contributed by atoms with van der Waals surface area (Å²) in [5.41, 5.74) is 7.43. The number of nitrogens with two attached hydrogens (primary N) is 1. The summed E-state index contributed by atoms with van der Waals surface area (Å²) in [6, 6.07) is 8.29. The fourth-order valence-corrected chi connectivity index (χ4v) is 2.34. The van der Waals surface area contributed by atoms with Gasteiger partial charge in [0, 0.05) is 12.6 Å². The molecule has 2 rings (SSSR count). The van der Waals surface area contributed by atoms with Gasteiger partial charge in [0.1, 0.15) is 5.75 Å². The van der Waals surface area contributed by atoms with Gasteiger partial charge >= 0.3 is 0 Å². The Balaban J connectivity index is 2.20. The lowest BCUT2D eigenvalue weighted by Gasteiger charge is -2.31. The molecule has 0 radical (unpaired) electrons. The molecule has 0 saturated carbocycles. The SMILES string of the molecule is CCC(N)C(c1ccc(OC)cc1)N1CCCO1. The first-order valence-electron chi connectivity index (χ1n) is 6.55. The van der Waals surface area contributed by atoms with Crippen molar-refractivity contribution in [3.63, 3.8) is 0 Å². The Bertz CT molecular complexity index is 361. The van der Waals surface area contributed by atoms with E-state index in [1.165, 1.54) is 5.56 Å². The van der Waals surface area contributed by atoms with Gasteiger partial charge in [0.25, 0.3) is 0 Å². The predicted molar refractivity (Wildman–Crippen MR) is 71.3 cm³/mol. The number of hydrogen-bond acceptors (Lipinski definition) is 4. The van der Waals surface area contributed by atoms with Crippen molar-refractivity contribution < 1.29 is 9.57 Å². The number of hydroxylamine groups is 2. The van der Waals surface area contributed by atoms with Crippen molar-refractivity contribution in [1.29, 1.82) is 0 Å². The van der Waals surface area contributed by atoms with E-state index in [1.54, 1.807) is 7.11 Å². The van der Waals surface area contributed by atoms with Crippen LogP contribution in [-0.4, -0.2) is 31.4 Å². The number of nitrogens with zero attached hydrogens (tertiary/aromatic N) is 1. The Morgan fingerprint density at radius 2 is 2.11 bits per heavy atom. The highest BCUT2D eigenvalue weighted by Gasteiger charge is 2.29. The van der Waals surface area contributed by atoms with Gasteiger partial charge in [-0.15, -0.1) is 0 Å². The quantitative estimate of drug-likeness (QED) is 0.869. The van der Waals surface area contributed by atoms with E-state index in [9.17, 15) is 0 Å². The lowest BCUT2D eigenvalue weighted by atomic mass is 9.97. The Morgan fingerprint density at radius 3 is 2.61 bits per heavy atom. The van der Waals surface area contributed by atoms with Gasteiger partial charge in [-0.05, 0) is 30.5 Å². The van der Waals surface area contributed by atoms with Gasteiger partial charge < -0.3 is 10.5 Å². The Kier molecular flexibility index (Phi) is 4.58. The smallest absolute Gasteiger partial charge is 0.118 e. The minimum absolute atomic E-state index is 0.0801. The molecule has 1 aliphatic heterocycles. The maximum Gasteiger partial charge on any atom is 0.118 e. The van der Waals surface area contributed by atoms with E-state index in [0.717, 1.165) is 31.7 Å². The van der Waals surface area contributed by atoms with Crippen LogP contribution in [0.25, 0.3) is 0 Å². The molecule has 4 heteroatoms. The predicted octanol–water partition coefficient (Wildman–Crippen LogP) is 2.11. The lowest BCUT2D eigenvalue weighted by Crippen LogP contribution is -2.38. The number of benzene rings is 1. The van der Waals surface area contributed by atoms with Crippen LogP contribution in [0.4, 0.5) is 0 Å². The van der Waals surface area contributed by atoms with Crippen molar-refractivity contribution in [2.45, 2.75) is 31.8 Å². The van der Waals surface area contributed by atoms with E-state index in [-0.39, 0.29) is 12.1 Å². The van der Waals surface area contributed by atoms with Crippen LogP contribution in [0.2, 0.25) is 0 Å². The molecule has 1 heterocycles.